The highest BCUT2D eigenvalue weighted by Gasteiger charge is 2.19. The summed E-state index contributed by atoms with van der Waals surface area (Å²) in [6, 6.07) is 5.35. The fourth-order valence-electron chi connectivity index (χ4n) is 2.16. The number of nitrogens with one attached hydrogen (secondary N) is 1. The van der Waals surface area contributed by atoms with Gasteiger partial charge >= 0.3 is 6.09 Å². The number of fused-ring (bicyclic) bond motifs is 1. The summed E-state index contributed by atoms with van der Waals surface area (Å²) in [5.74, 6) is 0.105. The maximum Gasteiger partial charge on any atom is 0.414 e. The van der Waals surface area contributed by atoms with Crippen molar-refractivity contribution in [3.63, 3.8) is 0 Å². The fourth-order valence-corrected chi connectivity index (χ4v) is 2.16. The molecule has 5 heteroatoms. The van der Waals surface area contributed by atoms with E-state index in [-0.39, 0.29) is 11.3 Å². The van der Waals surface area contributed by atoms with E-state index in [1.54, 1.807) is 39.8 Å². The van der Waals surface area contributed by atoms with Crippen molar-refractivity contribution in [2.75, 3.05) is 5.32 Å². The van der Waals surface area contributed by atoms with E-state index >= 15 is 0 Å². The van der Waals surface area contributed by atoms with Gasteiger partial charge in [-0.2, -0.15) is 0 Å². The number of allylic oxidation sites excluding steroid dienone is 1. The number of ether oxygens (including phenoxy) is 1. The Morgan fingerprint density at radius 3 is 2.61 bits per heavy atom. The first kappa shape index (κ1) is 16.8. The monoisotopic (exact) mass is 315 g/mol. The van der Waals surface area contributed by atoms with Gasteiger partial charge in [0, 0.05) is 5.56 Å². The average molecular weight is 315 g/mol. The SMILES string of the molecule is C/C=C\c1cccc2c(=O)c(C)c(NC(=O)OC(C)(C)C)oc12. The van der Waals surface area contributed by atoms with Crippen molar-refractivity contribution in [3.8, 4) is 0 Å². The molecular weight excluding hydrogens is 294 g/mol. The van der Waals surface area contributed by atoms with Crippen molar-refractivity contribution >= 4 is 29.0 Å². The maximum atomic E-state index is 12.5. The van der Waals surface area contributed by atoms with Crippen LogP contribution in [-0.2, 0) is 4.74 Å². The number of carbonyl (C=O) groups is 1. The number of hydrogen-bond donors (Lipinski definition) is 1. The molecule has 1 N–H and O–H groups in total. The second-order valence-electron chi connectivity index (χ2n) is 6.24. The first-order valence-corrected chi connectivity index (χ1v) is 7.42. The van der Waals surface area contributed by atoms with Gasteiger partial charge in [-0.1, -0.05) is 24.3 Å². The highest BCUT2D eigenvalue weighted by molar-refractivity contribution is 5.89. The van der Waals surface area contributed by atoms with Crippen molar-refractivity contribution in [3.05, 3.63) is 45.6 Å². The van der Waals surface area contributed by atoms with Gasteiger partial charge < -0.3 is 9.15 Å². The minimum absolute atomic E-state index is 0.105. The molecule has 122 valence electrons. The van der Waals surface area contributed by atoms with Gasteiger partial charge in [0.05, 0.1) is 10.9 Å². The highest BCUT2D eigenvalue weighted by Crippen LogP contribution is 2.24. The molecule has 0 aliphatic heterocycles. The third kappa shape index (κ3) is 3.80. The Morgan fingerprint density at radius 1 is 1.30 bits per heavy atom. The largest absolute Gasteiger partial charge is 0.444 e. The molecular formula is C18H21NO4. The molecule has 1 amide bonds. The standard InChI is InChI=1S/C18H21NO4/c1-6-8-12-9-7-10-13-14(20)11(2)16(22-15(12)13)19-17(21)23-18(3,4)5/h6-10H,1-5H3,(H,19,21)/b8-6-. The van der Waals surface area contributed by atoms with Crippen LogP contribution in [0.4, 0.5) is 10.7 Å². The van der Waals surface area contributed by atoms with Gasteiger partial charge in [-0.25, -0.2) is 4.79 Å². The van der Waals surface area contributed by atoms with E-state index in [0.717, 1.165) is 5.56 Å². The molecule has 0 aliphatic rings. The number of amides is 1. The Morgan fingerprint density at radius 2 is 2.00 bits per heavy atom. The Hall–Kier alpha value is -2.56. The zero-order chi connectivity index (χ0) is 17.2. The Kier molecular flexibility index (Phi) is 4.59. The summed E-state index contributed by atoms with van der Waals surface area (Å²) in [7, 11) is 0. The molecule has 0 bridgehead atoms. The van der Waals surface area contributed by atoms with E-state index in [4.69, 9.17) is 9.15 Å². The lowest BCUT2D eigenvalue weighted by Gasteiger charge is -2.19. The molecule has 0 fully saturated rings. The van der Waals surface area contributed by atoms with Gasteiger partial charge in [0.2, 0.25) is 5.88 Å². The van der Waals surface area contributed by atoms with Crippen LogP contribution < -0.4 is 10.7 Å². The van der Waals surface area contributed by atoms with Crippen LogP contribution in [-0.4, -0.2) is 11.7 Å². The third-order valence-electron chi connectivity index (χ3n) is 3.14. The number of para-hydroxylation sites is 1. The Balaban J connectivity index is 2.53. The van der Waals surface area contributed by atoms with Gasteiger partial charge in [-0.15, -0.1) is 0 Å². The van der Waals surface area contributed by atoms with Gasteiger partial charge in [0.15, 0.2) is 5.43 Å². The molecule has 1 heterocycles. The van der Waals surface area contributed by atoms with E-state index < -0.39 is 11.7 Å². The molecule has 0 saturated carbocycles. The number of hydrogen-bond acceptors (Lipinski definition) is 4. The Bertz CT molecular complexity index is 825. The van der Waals surface area contributed by atoms with E-state index in [0.29, 0.717) is 16.5 Å². The lowest BCUT2D eigenvalue weighted by molar-refractivity contribution is 0.0632. The average Bonchev–Trinajstić information content (AvgIpc) is 2.43. The molecule has 2 rings (SSSR count). The van der Waals surface area contributed by atoms with Crippen LogP contribution in [0.5, 0.6) is 0 Å². The lowest BCUT2D eigenvalue weighted by atomic mass is 10.1. The van der Waals surface area contributed by atoms with Crippen LogP contribution >= 0.6 is 0 Å². The zero-order valence-corrected chi connectivity index (χ0v) is 14.0. The molecule has 1 aromatic carbocycles. The summed E-state index contributed by atoms with van der Waals surface area (Å²) in [4.78, 5) is 24.4. The normalized spacial score (nSPS) is 11.9. The molecule has 5 nitrogen and oxygen atoms in total. The van der Waals surface area contributed by atoms with Gasteiger partial charge in [-0.3, -0.25) is 10.1 Å². The third-order valence-corrected chi connectivity index (χ3v) is 3.14. The first-order chi connectivity index (χ1) is 10.7. The molecule has 2 aromatic rings. The van der Waals surface area contributed by atoms with E-state index in [1.807, 2.05) is 25.1 Å². The highest BCUT2D eigenvalue weighted by atomic mass is 16.6. The van der Waals surface area contributed by atoms with Gasteiger partial charge in [-0.05, 0) is 40.7 Å². The minimum atomic E-state index is -0.661. The number of carbonyl (C=O) groups excluding carboxylic acids is 1. The number of anilines is 1. The van der Waals surface area contributed by atoms with Crippen LogP contribution in [0.1, 0.15) is 38.8 Å². The topological polar surface area (TPSA) is 68.5 Å². The van der Waals surface area contributed by atoms with Crippen LogP contribution in [0, 0.1) is 6.92 Å². The van der Waals surface area contributed by atoms with E-state index in [1.165, 1.54) is 0 Å². The second-order valence-corrected chi connectivity index (χ2v) is 6.24. The van der Waals surface area contributed by atoms with Crippen LogP contribution in [0.25, 0.3) is 17.0 Å². The predicted octanol–water partition coefficient (Wildman–Crippen LogP) is 4.48. The van der Waals surface area contributed by atoms with Crippen molar-refractivity contribution in [2.45, 2.75) is 40.2 Å². The number of rotatable bonds is 2. The molecule has 23 heavy (non-hydrogen) atoms. The van der Waals surface area contributed by atoms with Crippen molar-refractivity contribution in [1.82, 2.24) is 0 Å². The summed E-state index contributed by atoms with van der Waals surface area (Å²) in [6.45, 7) is 8.78. The van der Waals surface area contributed by atoms with Crippen molar-refractivity contribution in [2.24, 2.45) is 0 Å². The lowest BCUT2D eigenvalue weighted by Crippen LogP contribution is -2.28. The summed E-state index contributed by atoms with van der Waals surface area (Å²) in [5.41, 5.74) is 0.733. The summed E-state index contributed by atoms with van der Waals surface area (Å²) >= 11 is 0. The molecule has 0 aliphatic carbocycles. The second kappa shape index (κ2) is 6.28. The van der Waals surface area contributed by atoms with E-state index in [9.17, 15) is 9.59 Å². The molecule has 0 spiro atoms. The molecule has 0 atom stereocenters. The van der Waals surface area contributed by atoms with Gasteiger partial charge in [0.25, 0.3) is 0 Å². The van der Waals surface area contributed by atoms with Crippen LogP contribution in [0.2, 0.25) is 0 Å². The summed E-state index contributed by atoms with van der Waals surface area (Å²) in [6.07, 6.45) is 3.04. The van der Waals surface area contributed by atoms with Gasteiger partial charge in [0.1, 0.15) is 11.2 Å². The maximum absolute atomic E-state index is 12.5. The first-order valence-electron chi connectivity index (χ1n) is 7.42. The molecule has 0 saturated heterocycles. The van der Waals surface area contributed by atoms with Crippen LogP contribution in [0.3, 0.4) is 0 Å². The minimum Gasteiger partial charge on any atom is -0.444 e. The predicted molar refractivity (Wildman–Crippen MR) is 91.8 cm³/mol. The Labute approximate surface area is 134 Å². The number of benzene rings is 1. The smallest absolute Gasteiger partial charge is 0.414 e. The fraction of sp³-hybridized carbons (Fsp3) is 0.333. The molecule has 0 radical (unpaired) electrons. The van der Waals surface area contributed by atoms with Crippen molar-refractivity contribution < 1.29 is 13.9 Å². The quantitative estimate of drug-likeness (QED) is 0.887. The molecule has 0 unspecified atom stereocenters. The van der Waals surface area contributed by atoms with Crippen LogP contribution in [0.15, 0.2) is 33.5 Å². The summed E-state index contributed by atoms with van der Waals surface area (Å²) < 4.78 is 11.0. The zero-order valence-electron chi connectivity index (χ0n) is 14.0. The van der Waals surface area contributed by atoms with Crippen molar-refractivity contribution in [1.29, 1.82) is 0 Å². The molecule has 1 aromatic heterocycles. The summed E-state index contributed by atoms with van der Waals surface area (Å²) in [5, 5.41) is 3.00. The van der Waals surface area contributed by atoms with E-state index in [2.05, 4.69) is 5.32 Å².